The van der Waals surface area contributed by atoms with Crippen molar-refractivity contribution in [2.24, 2.45) is 11.7 Å². The fourth-order valence-electron chi connectivity index (χ4n) is 3.05. The van der Waals surface area contributed by atoms with Crippen LogP contribution in [0.3, 0.4) is 0 Å². The minimum atomic E-state index is -0.477. The van der Waals surface area contributed by atoms with Crippen LogP contribution in [0.5, 0.6) is 0 Å². The summed E-state index contributed by atoms with van der Waals surface area (Å²) in [6.07, 6.45) is 3.88. The molecule has 23 heavy (non-hydrogen) atoms. The number of hydrogen-bond donors (Lipinski definition) is 1. The number of nitrogens with two attached hydrogens (primary N) is 1. The van der Waals surface area contributed by atoms with E-state index in [0.717, 1.165) is 32.2 Å². The quantitative estimate of drug-likeness (QED) is 0.857. The van der Waals surface area contributed by atoms with Crippen LogP contribution in [0.2, 0.25) is 0 Å². The number of amides is 2. The Morgan fingerprint density at radius 3 is 2.48 bits per heavy atom. The van der Waals surface area contributed by atoms with Crippen LogP contribution in [-0.2, 0) is 9.53 Å². The minimum Gasteiger partial charge on any atom is -0.444 e. The van der Waals surface area contributed by atoms with Gasteiger partial charge in [-0.3, -0.25) is 4.79 Å². The molecule has 6 nitrogen and oxygen atoms in total. The van der Waals surface area contributed by atoms with E-state index in [1.54, 1.807) is 11.8 Å². The molecule has 132 valence electrons. The van der Waals surface area contributed by atoms with Gasteiger partial charge in [0.2, 0.25) is 5.91 Å². The van der Waals surface area contributed by atoms with Gasteiger partial charge in [0.25, 0.3) is 0 Å². The predicted molar refractivity (Wildman–Crippen MR) is 88.9 cm³/mol. The van der Waals surface area contributed by atoms with Crippen LogP contribution in [0.4, 0.5) is 4.79 Å². The normalized spacial score (nSPS) is 23.3. The number of carbonyl (C=O) groups excluding carboxylic acids is 2. The molecule has 1 aliphatic heterocycles. The summed E-state index contributed by atoms with van der Waals surface area (Å²) in [5.41, 5.74) is 5.30. The molecule has 1 saturated heterocycles. The summed E-state index contributed by atoms with van der Waals surface area (Å²) < 4.78 is 5.46. The van der Waals surface area contributed by atoms with E-state index in [1.807, 2.05) is 25.7 Å². The molecule has 6 heteroatoms. The topological polar surface area (TPSA) is 75.9 Å². The van der Waals surface area contributed by atoms with Crippen molar-refractivity contribution in [2.45, 2.75) is 71.1 Å². The van der Waals surface area contributed by atoms with Crippen molar-refractivity contribution >= 4 is 12.0 Å². The standard InChI is InChI=1S/C17H31N3O3/c1-12(18)15(21)20(14-7-8-14)11-13-6-5-9-19(10-13)16(22)23-17(2,3)4/h12-14H,5-11,18H2,1-4H3/t12-,13-/m0/s1. The van der Waals surface area contributed by atoms with E-state index >= 15 is 0 Å². The van der Waals surface area contributed by atoms with Gasteiger partial charge in [0.1, 0.15) is 5.60 Å². The van der Waals surface area contributed by atoms with Crippen molar-refractivity contribution in [3.8, 4) is 0 Å². The lowest BCUT2D eigenvalue weighted by Crippen LogP contribution is -2.49. The second-order valence-electron chi connectivity index (χ2n) is 7.95. The van der Waals surface area contributed by atoms with E-state index < -0.39 is 11.6 Å². The number of rotatable bonds is 4. The third-order valence-electron chi connectivity index (χ3n) is 4.29. The number of ether oxygens (including phenoxy) is 1. The Morgan fingerprint density at radius 1 is 1.30 bits per heavy atom. The van der Waals surface area contributed by atoms with Gasteiger partial charge in [-0.25, -0.2) is 4.79 Å². The molecule has 2 aliphatic rings. The van der Waals surface area contributed by atoms with Gasteiger partial charge in [0, 0.05) is 25.7 Å². The molecule has 2 rings (SSSR count). The summed E-state index contributed by atoms with van der Waals surface area (Å²) >= 11 is 0. The molecule has 0 aromatic rings. The summed E-state index contributed by atoms with van der Waals surface area (Å²) in [6, 6.07) is -0.105. The third kappa shape index (κ3) is 5.37. The summed E-state index contributed by atoms with van der Waals surface area (Å²) in [6.45, 7) is 9.46. The first kappa shape index (κ1) is 18.0. The predicted octanol–water partition coefficient (Wildman–Crippen LogP) is 1.97. The van der Waals surface area contributed by atoms with Crippen molar-refractivity contribution < 1.29 is 14.3 Å². The third-order valence-corrected chi connectivity index (χ3v) is 4.29. The molecular weight excluding hydrogens is 294 g/mol. The molecule has 0 spiro atoms. The Kier molecular flexibility index (Phi) is 5.55. The zero-order valence-electron chi connectivity index (χ0n) is 14.9. The van der Waals surface area contributed by atoms with Crippen molar-refractivity contribution in [1.82, 2.24) is 9.80 Å². The van der Waals surface area contributed by atoms with Crippen molar-refractivity contribution in [3.05, 3.63) is 0 Å². The maximum atomic E-state index is 12.3. The number of likely N-dealkylation sites (tertiary alicyclic amines) is 1. The Labute approximate surface area is 139 Å². The van der Waals surface area contributed by atoms with Crippen LogP contribution in [0, 0.1) is 5.92 Å². The first-order valence-corrected chi connectivity index (χ1v) is 8.71. The second kappa shape index (κ2) is 7.07. The average molecular weight is 325 g/mol. The fraction of sp³-hybridized carbons (Fsp3) is 0.882. The maximum Gasteiger partial charge on any atom is 0.410 e. The van der Waals surface area contributed by atoms with Crippen molar-refractivity contribution in [3.63, 3.8) is 0 Å². The SMILES string of the molecule is C[C@H](N)C(=O)N(C[C@H]1CCCN(C(=O)OC(C)(C)C)C1)C1CC1. The lowest BCUT2D eigenvalue weighted by Gasteiger charge is -2.37. The first-order chi connectivity index (χ1) is 10.7. The van der Waals surface area contributed by atoms with Crippen LogP contribution in [0.15, 0.2) is 0 Å². The fourth-order valence-corrected chi connectivity index (χ4v) is 3.05. The van der Waals surface area contributed by atoms with E-state index in [-0.39, 0.29) is 12.0 Å². The van der Waals surface area contributed by atoms with E-state index in [1.165, 1.54) is 0 Å². The summed E-state index contributed by atoms with van der Waals surface area (Å²) in [7, 11) is 0. The van der Waals surface area contributed by atoms with Crippen molar-refractivity contribution in [1.29, 1.82) is 0 Å². The highest BCUT2D eigenvalue weighted by Crippen LogP contribution is 2.30. The molecule has 1 saturated carbocycles. The van der Waals surface area contributed by atoms with Gasteiger partial charge < -0.3 is 20.3 Å². The number of hydrogen-bond acceptors (Lipinski definition) is 4. The lowest BCUT2D eigenvalue weighted by atomic mass is 9.97. The molecule has 0 aromatic heterocycles. The first-order valence-electron chi connectivity index (χ1n) is 8.71. The highest BCUT2D eigenvalue weighted by atomic mass is 16.6. The zero-order chi connectivity index (χ0) is 17.2. The van der Waals surface area contributed by atoms with Gasteiger partial charge >= 0.3 is 6.09 Å². The van der Waals surface area contributed by atoms with Gasteiger partial charge in [-0.05, 0) is 59.3 Å². The Hall–Kier alpha value is -1.30. The lowest BCUT2D eigenvalue weighted by molar-refractivity contribution is -0.133. The summed E-state index contributed by atoms with van der Waals surface area (Å²) in [5.74, 6) is 0.335. The van der Waals surface area contributed by atoms with E-state index in [4.69, 9.17) is 10.5 Å². The largest absolute Gasteiger partial charge is 0.444 e. The highest BCUT2D eigenvalue weighted by molar-refractivity contribution is 5.81. The average Bonchev–Trinajstić information content (AvgIpc) is 3.27. The van der Waals surface area contributed by atoms with Crippen LogP contribution in [0.1, 0.15) is 53.4 Å². The van der Waals surface area contributed by atoms with E-state index in [2.05, 4.69) is 0 Å². The molecule has 0 unspecified atom stereocenters. The Balaban J connectivity index is 1.92. The van der Waals surface area contributed by atoms with Gasteiger partial charge in [0.05, 0.1) is 6.04 Å². The van der Waals surface area contributed by atoms with Gasteiger partial charge in [-0.15, -0.1) is 0 Å². The maximum absolute atomic E-state index is 12.3. The Bertz CT molecular complexity index is 441. The molecule has 2 N–H and O–H groups in total. The summed E-state index contributed by atoms with van der Waals surface area (Å²) in [5, 5.41) is 0. The number of carbonyl (C=O) groups is 2. The monoisotopic (exact) mass is 325 g/mol. The Morgan fingerprint density at radius 2 is 1.96 bits per heavy atom. The molecule has 2 atom stereocenters. The minimum absolute atomic E-state index is 0.0295. The molecule has 1 aliphatic carbocycles. The molecule has 2 amide bonds. The number of nitrogens with zero attached hydrogens (tertiary/aromatic N) is 2. The molecule has 0 aromatic carbocycles. The molecule has 0 radical (unpaired) electrons. The van der Waals surface area contributed by atoms with Crippen LogP contribution < -0.4 is 5.73 Å². The van der Waals surface area contributed by atoms with E-state index in [9.17, 15) is 9.59 Å². The van der Waals surface area contributed by atoms with Crippen LogP contribution in [-0.4, -0.2) is 59.1 Å². The smallest absolute Gasteiger partial charge is 0.410 e. The van der Waals surface area contributed by atoms with E-state index in [0.29, 0.717) is 25.0 Å². The second-order valence-corrected chi connectivity index (χ2v) is 7.95. The van der Waals surface area contributed by atoms with Gasteiger partial charge in [-0.1, -0.05) is 0 Å². The van der Waals surface area contributed by atoms with Crippen molar-refractivity contribution in [2.75, 3.05) is 19.6 Å². The molecular formula is C17H31N3O3. The van der Waals surface area contributed by atoms with Crippen LogP contribution in [0.25, 0.3) is 0 Å². The highest BCUT2D eigenvalue weighted by Gasteiger charge is 2.36. The molecule has 1 heterocycles. The van der Waals surface area contributed by atoms with Gasteiger partial charge in [-0.2, -0.15) is 0 Å². The van der Waals surface area contributed by atoms with Crippen LogP contribution >= 0.6 is 0 Å². The molecule has 0 bridgehead atoms. The van der Waals surface area contributed by atoms with Gasteiger partial charge in [0.15, 0.2) is 0 Å². The zero-order valence-corrected chi connectivity index (χ0v) is 14.9. The molecule has 2 fully saturated rings. The number of piperidine rings is 1. The summed E-state index contributed by atoms with van der Waals surface area (Å²) in [4.78, 5) is 28.3.